The maximum atomic E-state index is 12.3. The predicted octanol–water partition coefficient (Wildman–Crippen LogP) is 2.84. The summed E-state index contributed by atoms with van der Waals surface area (Å²) in [6.45, 7) is 8.97. The van der Waals surface area contributed by atoms with Crippen LogP contribution in [0.3, 0.4) is 0 Å². The van der Waals surface area contributed by atoms with Crippen LogP contribution in [0.1, 0.15) is 47.0 Å². The standard InChI is InChI=1S/C16H30NO2/c1-11(17(5,6)7)14(18)19-13-10-12-8-9-16(13,4)15(12,2)3/h11-13H,8-10H2,1-7H3/q+1/t11-,12+,13+,16-/m0/s1. The van der Waals surface area contributed by atoms with Crippen molar-refractivity contribution in [3.05, 3.63) is 0 Å². The molecule has 0 N–H and O–H groups in total. The number of carbonyl (C=O) groups excluding carboxylic acids is 1. The molecule has 0 radical (unpaired) electrons. The van der Waals surface area contributed by atoms with Gasteiger partial charge in [-0.3, -0.25) is 0 Å². The quantitative estimate of drug-likeness (QED) is 0.581. The minimum Gasteiger partial charge on any atom is -0.457 e. The summed E-state index contributed by atoms with van der Waals surface area (Å²) in [6.07, 6.45) is 3.66. The number of rotatable bonds is 3. The Labute approximate surface area is 117 Å². The average molecular weight is 268 g/mol. The highest BCUT2D eigenvalue weighted by Gasteiger charge is 2.63. The number of hydrogen-bond acceptors (Lipinski definition) is 2. The summed E-state index contributed by atoms with van der Waals surface area (Å²) in [5.74, 6) is 0.678. The van der Waals surface area contributed by atoms with Crippen LogP contribution in [0.15, 0.2) is 0 Å². The van der Waals surface area contributed by atoms with Crippen molar-refractivity contribution in [2.45, 2.75) is 59.1 Å². The Hall–Kier alpha value is -0.570. The molecular formula is C16H30NO2+. The zero-order valence-corrected chi connectivity index (χ0v) is 13.6. The van der Waals surface area contributed by atoms with Gasteiger partial charge in [0.25, 0.3) is 0 Å². The van der Waals surface area contributed by atoms with Crippen LogP contribution in [-0.4, -0.2) is 43.7 Å². The second-order valence-corrected chi connectivity index (χ2v) is 8.33. The zero-order chi connectivity index (χ0) is 14.6. The first-order chi connectivity index (χ1) is 8.50. The van der Waals surface area contributed by atoms with Gasteiger partial charge in [-0.25, -0.2) is 4.79 Å². The molecule has 0 unspecified atom stereocenters. The first-order valence-electron chi connectivity index (χ1n) is 7.52. The molecule has 2 saturated carbocycles. The highest BCUT2D eigenvalue weighted by molar-refractivity contribution is 5.74. The lowest BCUT2D eigenvalue weighted by Crippen LogP contribution is -2.50. The van der Waals surface area contributed by atoms with Crippen molar-refractivity contribution in [1.29, 1.82) is 0 Å². The predicted molar refractivity (Wildman–Crippen MR) is 76.6 cm³/mol. The lowest BCUT2D eigenvalue weighted by molar-refractivity contribution is -0.885. The average Bonchev–Trinajstić information content (AvgIpc) is 2.59. The minimum absolute atomic E-state index is 0.0397. The van der Waals surface area contributed by atoms with Gasteiger partial charge < -0.3 is 9.22 Å². The largest absolute Gasteiger partial charge is 0.457 e. The van der Waals surface area contributed by atoms with Crippen LogP contribution in [0.4, 0.5) is 0 Å². The Kier molecular flexibility index (Phi) is 3.29. The third-order valence-electron chi connectivity index (χ3n) is 6.48. The molecule has 0 aromatic rings. The minimum atomic E-state index is -0.106. The molecule has 0 spiro atoms. The van der Waals surface area contributed by atoms with Crippen molar-refractivity contribution in [1.82, 2.24) is 0 Å². The van der Waals surface area contributed by atoms with Crippen LogP contribution in [0.2, 0.25) is 0 Å². The van der Waals surface area contributed by atoms with Gasteiger partial charge in [0.05, 0.1) is 21.1 Å². The topological polar surface area (TPSA) is 26.3 Å². The van der Waals surface area contributed by atoms with E-state index in [-0.39, 0.29) is 23.5 Å². The number of quaternary nitrogens is 1. The fourth-order valence-corrected chi connectivity index (χ4v) is 3.86. The molecule has 2 fully saturated rings. The van der Waals surface area contributed by atoms with E-state index in [9.17, 15) is 4.79 Å². The smallest absolute Gasteiger partial charge is 0.364 e. The summed E-state index contributed by atoms with van der Waals surface area (Å²) in [4.78, 5) is 12.3. The summed E-state index contributed by atoms with van der Waals surface area (Å²) in [6, 6.07) is -0.106. The maximum absolute atomic E-state index is 12.3. The van der Waals surface area contributed by atoms with Crippen molar-refractivity contribution in [2.24, 2.45) is 16.7 Å². The lowest BCUT2D eigenvalue weighted by Gasteiger charge is -2.39. The molecule has 2 aliphatic carbocycles. The summed E-state index contributed by atoms with van der Waals surface area (Å²) in [5.41, 5.74) is 0.468. The van der Waals surface area contributed by atoms with Gasteiger partial charge in [-0.2, -0.15) is 0 Å². The molecular weight excluding hydrogens is 238 g/mol. The van der Waals surface area contributed by atoms with E-state index in [4.69, 9.17) is 4.74 Å². The summed E-state index contributed by atoms with van der Waals surface area (Å²) < 4.78 is 6.54. The highest BCUT2D eigenvalue weighted by atomic mass is 16.5. The van der Waals surface area contributed by atoms with Gasteiger partial charge in [0.1, 0.15) is 6.10 Å². The molecule has 3 nitrogen and oxygen atoms in total. The van der Waals surface area contributed by atoms with Crippen LogP contribution in [-0.2, 0) is 9.53 Å². The fourth-order valence-electron chi connectivity index (χ4n) is 3.86. The summed E-state index contributed by atoms with van der Waals surface area (Å²) in [5, 5.41) is 0. The van der Waals surface area contributed by atoms with E-state index in [0.717, 1.165) is 12.3 Å². The molecule has 0 heterocycles. The third kappa shape index (κ3) is 2.10. The van der Waals surface area contributed by atoms with Gasteiger partial charge in [-0.1, -0.05) is 20.8 Å². The molecule has 19 heavy (non-hydrogen) atoms. The van der Waals surface area contributed by atoms with Crippen molar-refractivity contribution in [3.63, 3.8) is 0 Å². The lowest BCUT2D eigenvalue weighted by atomic mass is 9.70. The number of fused-ring (bicyclic) bond motifs is 2. The van der Waals surface area contributed by atoms with Crippen molar-refractivity contribution in [2.75, 3.05) is 21.1 Å². The molecule has 2 aliphatic rings. The Balaban J connectivity index is 2.09. The summed E-state index contributed by atoms with van der Waals surface area (Å²) >= 11 is 0. The number of esters is 1. The Morgan fingerprint density at radius 1 is 1.26 bits per heavy atom. The van der Waals surface area contributed by atoms with Gasteiger partial charge in [-0.05, 0) is 37.5 Å². The molecule has 2 bridgehead atoms. The van der Waals surface area contributed by atoms with E-state index in [1.54, 1.807) is 0 Å². The van der Waals surface area contributed by atoms with Gasteiger partial charge in [-0.15, -0.1) is 0 Å². The van der Waals surface area contributed by atoms with Crippen molar-refractivity contribution < 1.29 is 14.0 Å². The normalized spacial score (nSPS) is 38.3. The maximum Gasteiger partial charge on any atom is 0.364 e. The summed E-state index contributed by atoms with van der Waals surface area (Å²) in [7, 11) is 6.12. The Morgan fingerprint density at radius 2 is 1.84 bits per heavy atom. The van der Waals surface area contributed by atoms with E-state index in [1.807, 2.05) is 28.1 Å². The molecule has 0 saturated heterocycles. The number of carbonyl (C=O) groups is 1. The monoisotopic (exact) mass is 268 g/mol. The molecule has 4 atom stereocenters. The van der Waals surface area contributed by atoms with Crippen LogP contribution in [0.5, 0.6) is 0 Å². The Morgan fingerprint density at radius 3 is 2.21 bits per heavy atom. The van der Waals surface area contributed by atoms with Gasteiger partial charge in [0, 0.05) is 5.41 Å². The first-order valence-corrected chi connectivity index (χ1v) is 7.52. The van der Waals surface area contributed by atoms with E-state index >= 15 is 0 Å². The fraction of sp³-hybridized carbons (Fsp3) is 0.938. The van der Waals surface area contributed by atoms with Crippen molar-refractivity contribution >= 4 is 5.97 Å². The number of hydrogen-bond donors (Lipinski definition) is 0. The molecule has 2 rings (SSSR count). The molecule has 110 valence electrons. The second-order valence-electron chi connectivity index (χ2n) is 8.33. The van der Waals surface area contributed by atoms with E-state index in [2.05, 4.69) is 20.8 Å². The van der Waals surface area contributed by atoms with Crippen molar-refractivity contribution in [3.8, 4) is 0 Å². The zero-order valence-electron chi connectivity index (χ0n) is 13.6. The van der Waals surface area contributed by atoms with Crippen LogP contribution < -0.4 is 0 Å². The van der Waals surface area contributed by atoms with Gasteiger partial charge in [0.2, 0.25) is 0 Å². The molecule has 3 heteroatoms. The van der Waals surface area contributed by atoms with Crippen LogP contribution in [0.25, 0.3) is 0 Å². The number of ether oxygens (including phenoxy) is 1. The first kappa shape index (κ1) is 14.8. The van der Waals surface area contributed by atoms with Crippen LogP contribution in [0, 0.1) is 16.7 Å². The molecule has 0 aromatic heterocycles. The number of nitrogens with zero attached hydrogens (tertiary/aromatic N) is 1. The van der Waals surface area contributed by atoms with Crippen LogP contribution >= 0.6 is 0 Å². The van der Waals surface area contributed by atoms with E-state index in [0.29, 0.717) is 9.90 Å². The highest BCUT2D eigenvalue weighted by Crippen LogP contribution is 2.66. The second kappa shape index (κ2) is 4.21. The number of likely N-dealkylation sites (N-methyl/N-ethyl adjacent to an activating group) is 1. The van der Waals surface area contributed by atoms with Gasteiger partial charge >= 0.3 is 5.97 Å². The SMILES string of the molecule is C[C@@H](C(=O)O[C@@H]1C[C@H]2CC[C@]1(C)C2(C)C)[N+](C)(C)C. The third-order valence-corrected chi connectivity index (χ3v) is 6.48. The van der Waals surface area contributed by atoms with Gasteiger partial charge in [0.15, 0.2) is 6.04 Å². The molecule has 0 aromatic carbocycles. The van der Waals surface area contributed by atoms with E-state index < -0.39 is 0 Å². The Bertz CT molecular complexity index is 383. The molecule has 0 amide bonds. The van der Waals surface area contributed by atoms with E-state index in [1.165, 1.54) is 12.8 Å². The molecule has 0 aliphatic heterocycles.